The molecule has 36 heavy (non-hydrogen) atoms. The Bertz CT molecular complexity index is 1350. The first kappa shape index (κ1) is 24.0. The summed E-state index contributed by atoms with van der Waals surface area (Å²) in [5.41, 5.74) is 5.05. The molecular weight excluding hydrogens is 452 g/mol. The van der Waals surface area contributed by atoms with Crippen LogP contribution in [0, 0.1) is 0 Å². The second kappa shape index (κ2) is 10.5. The fourth-order valence-electron chi connectivity index (χ4n) is 5.00. The number of methoxy groups -OCH3 is 1. The molecule has 1 aliphatic rings. The highest BCUT2D eigenvalue weighted by Gasteiger charge is 2.19. The number of rotatable bonds is 8. The Morgan fingerprint density at radius 1 is 0.972 bits per heavy atom. The summed E-state index contributed by atoms with van der Waals surface area (Å²) >= 11 is 0. The van der Waals surface area contributed by atoms with Gasteiger partial charge < -0.3 is 24.2 Å². The highest BCUT2D eigenvalue weighted by Crippen LogP contribution is 2.35. The van der Waals surface area contributed by atoms with E-state index in [1.54, 1.807) is 13.2 Å². The number of hydrogen-bond acceptors (Lipinski definition) is 5. The van der Waals surface area contributed by atoms with Gasteiger partial charge in [-0.05, 0) is 55.9 Å². The zero-order valence-electron chi connectivity index (χ0n) is 20.9. The van der Waals surface area contributed by atoms with E-state index in [1.807, 2.05) is 48.8 Å². The standard InChI is InChI=1S/C29H32N4O3/c1-31-13-15-32(16-14-31)11-4-12-33-20-26(28-25(29(34)35)5-3-6-27(28)33)23-17-22(18-30-19-23)21-7-9-24(36-2)10-8-21/h3,5-10,17-20H,4,11-16H2,1-2H3,(H,34,35). The average Bonchev–Trinajstić information content (AvgIpc) is 3.28. The molecule has 0 atom stereocenters. The normalized spacial score (nSPS) is 14.8. The minimum absolute atomic E-state index is 0.315. The van der Waals surface area contributed by atoms with Gasteiger partial charge in [-0.1, -0.05) is 18.2 Å². The van der Waals surface area contributed by atoms with Crippen LogP contribution in [0.25, 0.3) is 33.2 Å². The number of aromatic nitrogens is 2. The maximum Gasteiger partial charge on any atom is 0.336 e. The lowest BCUT2D eigenvalue weighted by Gasteiger charge is -2.32. The smallest absolute Gasteiger partial charge is 0.336 e. The Morgan fingerprint density at radius 3 is 2.44 bits per heavy atom. The molecule has 1 fully saturated rings. The third kappa shape index (κ3) is 4.98. The van der Waals surface area contributed by atoms with Crippen molar-refractivity contribution >= 4 is 16.9 Å². The molecule has 4 aromatic rings. The number of carboxylic acids is 1. The van der Waals surface area contributed by atoms with Crippen LogP contribution in [0.2, 0.25) is 0 Å². The van der Waals surface area contributed by atoms with Crippen LogP contribution in [0.15, 0.2) is 67.1 Å². The van der Waals surface area contributed by atoms with Crippen LogP contribution in [0.4, 0.5) is 0 Å². The Balaban J connectivity index is 1.48. The number of fused-ring (bicyclic) bond motifs is 1. The van der Waals surface area contributed by atoms with Gasteiger partial charge in [-0.25, -0.2) is 4.79 Å². The van der Waals surface area contributed by atoms with E-state index >= 15 is 0 Å². The number of benzene rings is 2. The predicted octanol–water partition coefficient (Wildman–Crippen LogP) is 4.71. The number of piperazine rings is 1. The Kier molecular flexibility index (Phi) is 7.02. The molecule has 1 N–H and O–H groups in total. The lowest BCUT2D eigenvalue weighted by Crippen LogP contribution is -2.44. The number of hydrogen-bond donors (Lipinski definition) is 1. The molecule has 0 radical (unpaired) electrons. The summed E-state index contributed by atoms with van der Waals surface area (Å²) in [6.45, 7) is 6.28. The van der Waals surface area contributed by atoms with E-state index in [0.29, 0.717) is 5.56 Å². The van der Waals surface area contributed by atoms with Crippen LogP contribution >= 0.6 is 0 Å². The van der Waals surface area contributed by atoms with Crippen LogP contribution in [-0.4, -0.2) is 77.3 Å². The van der Waals surface area contributed by atoms with Gasteiger partial charge in [0.2, 0.25) is 0 Å². The van der Waals surface area contributed by atoms with Gasteiger partial charge in [0.1, 0.15) is 5.75 Å². The molecule has 0 spiro atoms. The third-order valence-electron chi connectivity index (χ3n) is 7.08. The maximum absolute atomic E-state index is 12.2. The monoisotopic (exact) mass is 484 g/mol. The van der Waals surface area contributed by atoms with Crippen LogP contribution in [0.5, 0.6) is 5.75 Å². The van der Waals surface area contributed by atoms with Crippen molar-refractivity contribution in [3.05, 3.63) is 72.7 Å². The van der Waals surface area contributed by atoms with E-state index in [-0.39, 0.29) is 0 Å². The molecule has 7 heteroatoms. The number of carbonyl (C=O) groups is 1. The van der Waals surface area contributed by atoms with Crippen molar-refractivity contribution in [1.82, 2.24) is 19.4 Å². The summed E-state index contributed by atoms with van der Waals surface area (Å²) in [5.74, 6) is -0.120. The second-order valence-corrected chi connectivity index (χ2v) is 9.43. The van der Waals surface area contributed by atoms with Gasteiger partial charge in [0.05, 0.1) is 12.7 Å². The van der Waals surface area contributed by atoms with Crippen molar-refractivity contribution in [1.29, 1.82) is 0 Å². The lowest BCUT2D eigenvalue weighted by atomic mass is 9.99. The molecule has 0 saturated carbocycles. The van der Waals surface area contributed by atoms with Gasteiger partial charge in [-0.3, -0.25) is 4.98 Å². The second-order valence-electron chi connectivity index (χ2n) is 9.43. The largest absolute Gasteiger partial charge is 0.497 e. The number of carboxylic acid groups (broad SMARTS) is 1. The van der Waals surface area contributed by atoms with E-state index in [4.69, 9.17) is 4.74 Å². The molecule has 1 aliphatic heterocycles. The highest BCUT2D eigenvalue weighted by molar-refractivity contribution is 6.09. The number of ether oxygens (including phenoxy) is 1. The molecule has 7 nitrogen and oxygen atoms in total. The van der Waals surface area contributed by atoms with E-state index in [1.165, 1.54) is 0 Å². The summed E-state index contributed by atoms with van der Waals surface area (Å²) < 4.78 is 7.48. The molecule has 186 valence electrons. The first-order valence-electron chi connectivity index (χ1n) is 12.4. The topological polar surface area (TPSA) is 70.8 Å². The number of likely N-dealkylation sites (N-methyl/N-ethyl adjacent to an activating group) is 1. The van der Waals surface area contributed by atoms with Crippen molar-refractivity contribution in [2.24, 2.45) is 0 Å². The fourth-order valence-corrected chi connectivity index (χ4v) is 5.00. The summed E-state index contributed by atoms with van der Waals surface area (Å²) in [5, 5.41) is 10.7. The third-order valence-corrected chi connectivity index (χ3v) is 7.08. The summed E-state index contributed by atoms with van der Waals surface area (Å²) in [7, 11) is 3.82. The minimum atomic E-state index is -0.920. The van der Waals surface area contributed by atoms with Crippen LogP contribution in [0.3, 0.4) is 0 Å². The van der Waals surface area contributed by atoms with Gasteiger partial charge in [0.25, 0.3) is 0 Å². The minimum Gasteiger partial charge on any atom is -0.497 e. The van der Waals surface area contributed by atoms with E-state index in [2.05, 4.69) is 38.7 Å². The first-order valence-corrected chi connectivity index (χ1v) is 12.4. The summed E-state index contributed by atoms with van der Waals surface area (Å²) in [6, 6.07) is 15.5. The van der Waals surface area contributed by atoms with Gasteiger partial charge in [-0.15, -0.1) is 0 Å². The Morgan fingerprint density at radius 2 is 1.72 bits per heavy atom. The average molecular weight is 485 g/mol. The Hall–Kier alpha value is -3.68. The number of aryl methyl sites for hydroxylation is 1. The molecule has 5 rings (SSSR count). The fraction of sp³-hybridized carbons (Fsp3) is 0.310. The van der Waals surface area contributed by atoms with Gasteiger partial charge in [0, 0.05) is 78.9 Å². The molecule has 3 heterocycles. The van der Waals surface area contributed by atoms with Crippen LogP contribution < -0.4 is 4.74 Å². The number of pyridine rings is 1. The first-order chi connectivity index (χ1) is 17.5. The van der Waals surface area contributed by atoms with Crippen LogP contribution in [0.1, 0.15) is 16.8 Å². The zero-order chi connectivity index (χ0) is 25.1. The predicted molar refractivity (Wildman–Crippen MR) is 143 cm³/mol. The Labute approximate surface area is 211 Å². The quantitative estimate of drug-likeness (QED) is 0.390. The molecule has 1 saturated heterocycles. The van der Waals surface area contributed by atoms with Gasteiger partial charge in [0.15, 0.2) is 0 Å². The van der Waals surface area contributed by atoms with Crippen molar-refractivity contribution in [3.63, 3.8) is 0 Å². The van der Waals surface area contributed by atoms with E-state index in [9.17, 15) is 9.90 Å². The SMILES string of the molecule is COc1ccc(-c2cncc(-c3cn(CCCN4CCN(C)CC4)c4cccc(C(=O)O)c34)c2)cc1. The van der Waals surface area contributed by atoms with Crippen molar-refractivity contribution in [2.45, 2.75) is 13.0 Å². The van der Waals surface area contributed by atoms with Gasteiger partial charge >= 0.3 is 5.97 Å². The molecule has 2 aromatic carbocycles. The molecule has 0 bridgehead atoms. The number of aromatic carboxylic acids is 1. The van der Waals surface area contributed by atoms with Gasteiger partial charge in [-0.2, -0.15) is 0 Å². The molecule has 0 unspecified atom stereocenters. The molecule has 0 aliphatic carbocycles. The molecule has 2 aromatic heterocycles. The van der Waals surface area contributed by atoms with Crippen molar-refractivity contribution < 1.29 is 14.6 Å². The summed E-state index contributed by atoms with van der Waals surface area (Å²) in [4.78, 5) is 21.5. The van der Waals surface area contributed by atoms with E-state index < -0.39 is 5.97 Å². The number of nitrogens with zero attached hydrogens (tertiary/aromatic N) is 4. The molecule has 0 amide bonds. The van der Waals surface area contributed by atoms with Crippen molar-refractivity contribution in [2.75, 3.05) is 46.9 Å². The molecular formula is C29H32N4O3. The van der Waals surface area contributed by atoms with Crippen LogP contribution in [-0.2, 0) is 6.54 Å². The van der Waals surface area contributed by atoms with Crippen molar-refractivity contribution in [3.8, 4) is 28.0 Å². The highest BCUT2D eigenvalue weighted by atomic mass is 16.5. The van der Waals surface area contributed by atoms with E-state index in [0.717, 1.165) is 84.6 Å². The summed E-state index contributed by atoms with van der Waals surface area (Å²) in [6.07, 6.45) is 6.75. The zero-order valence-corrected chi connectivity index (χ0v) is 20.9. The maximum atomic E-state index is 12.2. The lowest BCUT2D eigenvalue weighted by molar-refractivity contribution is 0.0699.